The van der Waals surface area contributed by atoms with Gasteiger partial charge in [-0.3, -0.25) is 0 Å². The summed E-state index contributed by atoms with van der Waals surface area (Å²) < 4.78 is 127. The van der Waals surface area contributed by atoms with Gasteiger partial charge in [-0.1, -0.05) is 42.5 Å². The Bertz CT molecular complexity index is 1670. The fourth-order valence-corrected chi connectivity index (χ4v) is 4.08. The first-order valence-corrected chi connectivity index (χ1v) is 12.5. The third-order valence-electron chi connectivity index (χ3n) is 6.29. The number of ether oxygens (including phenoxy) is 2. The lowest BCUT2D eigenvalue weighted by molar-refractivity contribution is -0.304. The molecule has 0 aromatic heterocycles. The largest absolute Gasteiger partial charge is 0.508 e. The van der Waals surface area contributed by atoms with Crippen molar-refractivity contribution in [3.05, 3.63) is 119 Å². The highest BCUT2D eigenvalue weighted by molar-refractivity contribution is 5.96. The molecule has 0 bridgehead atoms. The summed E-state index contributed by atoms with van der Waals surface area (Å²) in [5, 5.41) is 18.4. The fourth-order valence-electron chi connectivity index (χ4n) is 4.08. The summed E-state index contributed by atoms with van der Waals surface area (Å²) in [7, 11) is 0. The van der Waals surface area contributed by atoms with Gasteiger partial charge in [0, 0.05) is 5.56 Å². The molecule has 0 spiro atoms. The van der Waals surface area contributed by atoms with Crippen LogP contribution in [0.2, 0.25) is 0 Å². The number of benzene rings is 4. The number of phenolic OH excluding ortho intramolecular Hbond substituents is 1. The fraction of sp³-hybridized carbons (Fsp3) is 0.129. The Morgan fingerprint density at radius 1 is 0.667 bits per heavy atom. The lowest BCUT2D eigenvalue weighted by Gasteiger charge is -2.38. The average Bonchev–Trinajstić information content (AvgIpc) is 2.96. The standard InChI is InChI=1S/C18H10F6O4.C13H9F3O/c19-17(20,21)11-5-7-12(8-6-11)27-16(18(22,23)24)13(15(25)26)9-10-3-1-2-4-14(10)28-16;14-13(15,16)11-5-1-9(2-6-11)10-3-7-12(17)8-4-10/h1-9H,(H,25,26);1-8,17H. The molecule has 14 heteroatoms. The van der Waals surface area contributed by atoms with Crippen LogP contribution in [0.15, 0.2) is 103 Å². The number of para-hydroxylation sites is 1. The quantitative estimate of drug-likeness (QED) is 0.218. The van der Waals surface area contributed by atoms with Crippen molar-refractivity contribution in [2.75, 3.05) is 0 Å². The molecule has 5 nitrogen and oxygen atoms in total. The normalized spacial score (nSPS) is 16.3. The zero-order valence-electron chi connectivity index (χ0n) is 22.3. The topological polar surface area (TPSA) is 76.0 Å². The Labute approximate surface area is 248 Å². The maximum absolute atomic E-state index is 13.9. The molecule has 1 heterocycles. The molecule has 0 saturated carbocycles. The lowest BCUT2D eigenvalue weighted by atomic mass is 9.97. The Balaban J connectivity index is 0.000000231. The first kappa shape index (κ1) is 32.8. The molecule has 0 amide bonds. The van der Waals surface area contributed by atoms with Gasteiger partial charge in [0.2, 0.25) is 0 Å². The molecule has 1 atom stereocenters. The van der Waals surface area contributed by atoms with E-state index in [2.05, 4.69) is 0 Å². The minimum absolute atomic E-state index is 0.0794. The molecule has 4 aromatic carbocycles. The highest BCUT2D eigenvalue weighted by Gasteiger charge is 2.66. The predicted octanol–water partition coefficient (Wildman–Crippen LogP) is 8.98. The van der Waals surface area contributed by atoms with E-state index in [0.717, 1.165) is 23.8 Å². The third-order valence-corrected chi connectivity index (χ3v) is 6.29. The molecule has 45 heavy (non-hydrogen) atoms. The number of aliphatic carboxylic acids is 1. The van der Waals surface area contributed by atoms with Crippen LogP contribution in [-0.2, 0) is 17.1 Å². The highest BCUT2D eigenvalue weighted by atomic mass is 19.4. The first-order valence-electron chi connectivity index (χ1n) is 12.5. The van der Waals surface area contributed by atoms with Crippen LogP contribution in [0.1, 0.15) is 16.7 Å². The van der Waals surface area contributed by atoms with Gasteiger partial charge >= 0.3 is 30.3 Å². The van der Waals surface area contributed by atoms with Gasteiger partial charge in [-0.2, -0.15) is 39.5 Å². The number of hydrogen-bond acceptors (Lipinski definition) is 4. The summed E-state index contributed by atoms with van der Waals surface area (Å²) in [6.45, 7) is 0. The zero-order chi connectivity index (χ0) is 33.2. The summed E-state index contributed by atoms with van der Waals surface area (Å²) in [6.07, 6.45) is -13.6. The van der Waals surface area contributed by atoms with Gasteiger partial charge < -0.3 is 19.7 Å². The number of phenols is 1. The maximum atomic E-state index is 13.9. The van der Waals surface area contributed by atoms with Crippen LogP contribution in [0, 0.1) is 0 Å². The van der Waals surface area contributed by atoms with Crippen molar-refractivity contribution >= 4 is 12.0 Å². The molecular weight excluding hydrogens is 623 g/mol. The van der Waals surface area contributed by atoms with Gasteiger partial charge in [-0.15, -0.1) is 0 Å². The van der Waals surface area contributed by atoms with Gasteiger partial charge in [0.15, 0.2) is 0 Å². The summed E-state index contributed by atoms with van der Waals surface area (Å²) in [6, 6.07) is 18.9. The molecule has 1 unspecified atom stereocenters. The molecule has 0 saturated heterocycles. The number of fused-ring (bicyclic) bond motifs is 1. The SMILES string of the molecule is O=C(O)C1=Cc2ccccc2OC1(Oc1ccc(C(F)(F)F)cc1)C(F)(F)F.Oc1ccc(-c2ccc(C(F)(F)F)cc2)cc1. The molecule has 0 radical (unpaired) electrons. The van der Waals surface area contributed by atoms with E-state index < -0.39 is 52.7 Å². The molecule has 0 aliphatic carbocycles. The molecule has 0 fully saturated rings. The van der Waals surface area contributed by atoms with Gasteiger partial charge in [0.05, 0.1) is 11.1 Å². The van der Waals surface area contributed by atoms with Crippen molar-refractivity contribution in [3.8, 4) is 28.4 Å². The molecule has 1 aliphatic heterocycles. The minimum atomic E-state index is -5.37. The van der Waals surface area contributed by atoms with Crippen molar-refractivity contribution in [2.24, 2.45) is 0 Å². The minimum Gasteiger partial charge on any atom is -0.508 e. The number of carbonyl (C=O) groups is 1. The zero-order valence-corrected chi connectivity index (χ0v) is 22.3. The second kappa shape index (κ2) is 12.1. The highest BCUT2D eigenvalue weighted by Crippen LogP contribution is 2.46. The Morgan fingerprint density at radius 2 is 1.13 bits per heavy atom. The number of carboxylic acids is 1. The molecule has 236 valence electrons. The average molecular weight is 642 g/mol. The van der Waals surface area contributed by atoms with E-state index in [9.17, 15) is 49.4 Å². The lowest BCUT2D eigenvalue weighted by Crippen LogP contribution is -2.59. The number of carboxylic acid groups (broad SMARTS) is 1. The van der Waals surface area contributed by atoms with E-state index in [0.29, 0.717) is 29.8 Å². The maximum Gasteiger partial charge on any atom is 0.473 e. The van der Waals surface area contributed by atoms with Crippen LogP contribution in [-0.4, -0.2) is 28.1 Å². The monoisotopic (exact) mass is 642 g/mol. The van der Waals surface area contributed by atoms with E-state index in [1.807, 2.05) is 0 Å². The third kappa shape index (κ3) is 7.33. The first-order chi connectivity index (χ1) is 20.9. The molecule has 2 N–H and O–H groups in total. The second-order valence-corrected chi connectivity index (χ2v) is 9.36. The van der Waals surface area contributed by atoms with Crippen LogP contribution in [0.25, 0.3) is 17.2 Å². The molecule has 4 aromatic rings. The van der Waals surface area contributed by atoms with Crippen LogP contribution < -0.4 is 9.47 Å². The summed E-state index contributed by atoms with van der Waals surface area (Å²) in [5.74, 6) is -6.53. The van der Waals surface area contributed by atoms with Crippen molar-refractivity contribution in [2.45, 2.75) is 24.3 Å². The summed E-state index contributed by atoms with van der Waals surface area (Å²) in [4.78, 5) is 11.5. The van der Waals surface area contributed by atoms with Gasteiger partial charge in [0.1, 0.15) is 22.8 Å². The van der Waals surface area contributed by atoms with Gasteiger partial charge in [-0.05, 0) is 71.8 Å². The molecule has 1 aliphatic rings. The Hall–Kier alpha value is -5.14. The van der Waals surface area contributed by atoms with Crippen molar-refractivity contribution in [1.29, 1.82) is 0 Å². The second-order valence-electron chi connectivity index (χ2n) is 9.36. The van der Waals surface area contributed by atoms with Crippen LogP contribution in [0.4, 0.5) is 39.5 Å². The predicted molar refractivity (Wildman–Crippen MR) is 142 cm³/mol. The Morgan fingerprint density at radius 3 is 1.60 bits per heavy atom. The van der Waals surface area contributed by atoms with Crippen molar-refractivity contribution < 1.29 is 64.0 Å². The van der Waals surface area contributed by atoms with Crippen LogP contribution in [0.5, 0.6) is 17.2 Å². The van der Waals surface area contributed by atoms with Gasteiger partial charge in [0.25, 0.3) is 0 Å². The number of hydrogen-bond donors (Lipinski definition) is 2. The van der Waals surface area contributed by atoms with E-state index in [1.165, 1.54) is 48.5 Å². The number of alkyl halides is 9. The summed E-state index contributed by atoms with van der Waals surface area (Å²) in [5.41, 5.74) is -1.52. The van der Waals surface area contributed by atoms with Gasteiger partial charge in [-0.25, -0.2) is 4.79 Å². The van der Waals surface area contributed by atoms with E-state index >= 15 is 0 Å². The number of halogens is 9. The smallest absolute Gasteiger partial charge is 0.473 e. The molecule has 5 rings (SSSR count). The van der Waals surface area contributed by atoms with Crippen molar-refractivity contribution in [3.63, 3.8) is 0 Å². The van der Waals surface area contributed by atoms with E-state index in [-0.39, 0.29) is 17.1 Å². The van der Waals surface area contributed by atoms with Crippen molar-refractivity contribution in [1.82, 2.24) is 0 Å². The molecular formula is C31H19F9O5. The van der Waals surface area contributed by atoms with E-state index in [4.69, 9.17) is 14.6 Å². The number of aromatic hydroxyl groups is 1. The summed E-state index contributed by atoms with van der Waals surface area (Å²) >= 11 is 0. The Kier molecular flexibility index (Phi) is 8.81. The van der Waals surface area contributed by atoms with Crippen LogP contribution >= 0.6 is 0 Å². The number of rotatable bonds is 4. The van der Waals surface area contributed by atoms with Crippen LogP contribution in [0.3, 0.4) is 0 Å². The van der Waals surface area contributed by atoms with E-state index in [1.54, 1.807) is 12.1 Å².